The first kappa shape index (κ1) is 13.4. The second-order valence-corrected chi connectivity index (χ2v) is 5.00. The first-order valence-electron chi connectivity index (χ1n) is 6.11. The van der Waals surface area contributed by atoms with Crippen molar-refractivity contribution in [1.29, 1.82) is 0 Å². The maximum absolute atomic E-state index is 12.4. The van der Waals surface area contributed by atoms with Crippen molar-refractivity contribution < 1.29 is 4.79 Å². The van der Waals surface area contributed by atoms with Gasteiger partial charge in [0.1, 0.15) is 12.7 Å². The predicted molar refractivity (Wildman–Crippen MR) is 81.2 cm³/mol. The monoisotopic (exact) mass is 343 g/mol. The number of hydrogen-bond acceptors (Lipinski definition) is 4. The van der Waals surface area contributed by atoms with Crippen LogP contribution in [-0.2, 0) is 0 Å². The average molecular weight is 344 g/mol. The zero-order chi connectivity index (χ0) is 14.7. The zero-order valence-electron chi connectivity index (χ0n) is 10.8. The van der Waals surface area contributed by atoms with Crippen LogP contribution in [0.25, 0.3) is 5.82 Å². The Morgan fingerprint density at radius 3 is 2.81 bits per heavy atom. The topological polar surface area (TPSA) is 72.7 Å². The Kier molecular flexibility index (Phi) is 3.74. The van der Waals surface area contributed by atoms with Gasteiger partial charge in [-0.1, -0.05) is 12.1 Å². The van der Waals surface area contributed by atoms with Crippen LogP contribution in [0.1, 0.15) is 10.4 Å². The molecule has 1 N–H and O–H groups in total. The number of amides is 1. The van der Waals surface area contributed by atoms with Gasteiger partial charge in [-0.05, 0) is 40.2 Å². The summed E-state index contributed by atoms with van der Waals surface area (Å²) in [5, 5.41) is 6.85. The minimum absolute atomic E-state index is 0.263. The lowest BCUT2D eigenvalue weighted by atomic mass is 10.2. The summed E-state index contributed by atoms with van der Waals surface area (Å²) >= 11 is 3.40. The number of pyridine rings is 1. The third-order valence-electron chi connectivity index (χ3n) is 2.79. The lowest BCUT2D eigenvalue weighted by Gasteiger charge is -2.09. The highest BCUT2D eigenvalue weighted by Crippen LogP contribution is 2.22. The van der Waals surface area contributed by atoms with Gasteiger partial charge in [-0.2, -0.15) is 5.10 Å². The first-order valence-corrected chi connectivity index (χ1v) is 6.91. The molecular formula is C14H10BrN5O. The van der Waals surface area contributed by atoms with Gasteiger partial charge >= 0.3 is 0 Å². The second-order valence-electron chi connectivity index (χ2n) is 4.15. The van der Waals surface area contributed by atoms with E-state index in [1.165, 1.54) is 17.3 Å². The van der Waals surface area contributed by atoms with Crippen molar-refractivity contribution in [3.8, 4) is 5.82 Å². The fourth-order valence-electron chi connectivity index (χ4n) is 1.83. The normalized spacial score (nSPS) is 10.3. The van der Waals surface area contributed by atoms with Crippen molar-refractivity contribution in [3.63, 3.8) is 0 Å². The number of para-hydroxylation sites is 1. The number of rotatable bonds is 3. The van der Waals surface area contributed by atoms with E-state index in [1.807, 2.05) is 24.3 Å². The summed E-state index contributed by atoms with van der Waals surface area (Å²) in [5.41, 5.74) is 1.11. The Balaban J connectivity index is 1.94. The van der Waals surface area contributed by atoms with E-state index in [0.717, 1.165) is 4.47 Å². The number of nitrogens with zero attached hydrogens (tertiary/aromatic N) is 4. The molecule has 0 aliphatic heterocycles. The molecule has 2 heterocycles. The van der Waals surface area contributed by atoms with E-state index in [1.54, 1.807) is 18.3 Å². The number of carbonyl (C=O) groups is 1. The Bertz CT molecular complexity index is 773. The summed E-state index contributed by atoms with van der Waals surface area (Å²) in [6.07, 6.45) is 4.49. The Hall–Kier alpha value is -2.54. The highest BCUT2D eigenvalue weighted by Gasteiger charge is 2.15. The molecule has 3 rings (SSSR count). The number of aromatic nitrogens is 4. The smallest absolute Gasteiger partial charge is 0.259 e. The maximum Gasteiger partial charge on any atom is 0.259 e. The lowest BCUT2D eigenvalue weighted by molar-refractivity contribution is 0.102. The van der Waals surface area contributed by atoms with Gasteiger partial charge in [0.05, 0.1) is 11.3 Å². The van der Waals surface area contributed by atoms with Crippen LogP contribution >= 0.6 is 15.9 Å². The van der Waals surface area contributed by atoms with Gasteiger partial charge in [-0.25, -0.2) is 14.6 Å². The van der Waals surface area contributed by atoms with Crippen LogP contribution in [0, 0.1) is 0 Å². The van der Waals surface area contributed by atoms with Crippen LogP contribution in [0.2, 0.25) is 0 Å². The van der Waals surface area contributed by atoms with Crippen molar-refractivity contribution in [2.45, 2.75) is 0 Å². The van der Waals surface area contributed by atoms with E-state index in [0.29, 0.717) is 17.1 Å². The van der Waals surface area contributed by atoms with Gasteiger partial charge in [0, 0.05) is 10.7 Å². The SMILES string of the molecule is O=C(Nc1ccccc1Br)c1cccnc1-n1cncn1. The van der Waals surface area contributed by atoms with Crippen molar-refractivity contribution in [2.75, 3.05) is 5.32 Å². The molecule has 0 bridgehead atoms. The quantitative estimate of drug-likeness (QED) is 0.793. The van der Waals surface area contributed by atoms with Gasteiger partial charge in [0.15, 0.2) is 5.82 Å². The minimum Gasteiger partial charge on any atom is -0.321 e. The molecule has 0 saturated heterocycles. The number of benzene rings is 1. The van der Waals surface area contributed by atoms with Crippen molar-refractivity contribution >= 4 is 27.5 Å². The molecule has 0 aliphatic carbocycles. The first-order chi connectivity index (χ1) is 10.3. The summed E-state index contributed by atoms with van der Waals surface area (Å²) in [6.45, 7) is 0. The van der Waals surface area contributed by atoms with Gasteiger partial charge in [-0.3, -0.25) is 4.79 Å². The summed E-state index contributed by atoms with van der Waals surface area (Å²) in [4.78, 5) is 20.5. The fraction of sp³-hybridized carbons (Fsp3) is 0. The van der Waals surface area contributed by atoms with Gasteiger partial charge in [0.2, 0.25) is 0 Å². The third kappa shape index (κ3) is 2.82. The molecule has 7 heteroatoms. The van der Waals surface area contributed by atoms with E-state index >= 15 is 0 Å². The summed E-state index contributed by atoms with van der Waals surface area (Å²) in [6, 6.07) is 10.8. The highest BCUT2D eigenvalue weighted by atomic mass is 79.9. The van der Waals surface area contributed by atoms with Crippen LogP contribution in [-0.4, -0.2) is 25.7 Å². The Morgan fingerprint density at radius 2 is 2.05 bits per heavy atom. The molecule has 0 saturated carbocycles. The van der Waals surface area contributed by atoms with Crippen LogP contribution in [0.5, 0.6) is 0 Å². The predicted octanol–water partition coefficient (Wildman–Crippen LogP) is 2.68. The van der Waals surface area contributed by atoms with E-state index in [9.17, 15) is 4.79 Å². The third-order valence-corrected chi connectivity index (χ3v) is 3.48. The molecule has 0 radical (unpaired) electrons. The van der Waals surface area contributed by atoms with E-state index in [-0.39, 0.29) is 5.91 Å². The van der Waals surface area contributed by atoms with E-state index < -0.39 is 0 Å². The molecule has 0 fully saturated rings. The minimum atomic E-state index is -0.263. The number of anilines is 1. The van der Waals surface area contributed by atoms with Crippen LogP contribution in [0.15, 0.2) is 59.7 Å². The molecule has 104 valence electrons. The maximum atomic E-state index is 12.4. The Morgan fingerprint density at radius 1 is 1.19 bits per heavy atom. The van der Waals surface area contributed by atoms with Crippen LogP contribution in [0.4, 0.5) is 5.69 Å². The summed E-state index contributed by atoms with van der Waals surface area (Å²) < 4.78 is 2.26. The molecule has 0 aliphatic rings. The zero-order valence-corrected chi connectivity index (χ0v) is 12.4. The molecule has 3 aromatic rings. The second kappa shape index (κ2) is 5.84. The summed E-state index contributed by atoms with van der Waals surface area (Å²) in [7, 11) is 0. The Labute approximate surface area is 129 Å². The number of halogens is 1. The van der Waals surface area contributed by atoms with E-state index in [2.05, 4.69) is 36.3 Å². The van der Waals surface area contributed by atoms with Gasteiger partial charge in [0.25, 0.3) is 5.91 Å². The van der Waals surface area contributed by atoms with Crippen LogP contribution in [0.3, 0.4) is 0 Å². The largest absolute Gasteiger partial charge is 0.321 e. The van der Waals surface area contributed by atoms with Gasteiger partial charge in [-0.15, -0.1) is 0 Å². The number of hydrogen-bond donors (Lipinski definition) is 1. The lowest BCUT2D eigenvalue weighted by Crippen LogP contribution is -2.16. The highest BCUT2D eigenvalue weighted by molar-refractivity contribution is 9.10. The van der Waals surface area contributed by atoms with Crippen molar-refractivity contribution in [1.82, 2.24) is 19.7 Å². The molecule has 0 spiro atoms. The molecule has 1 amide bonds. The molecular weight excluding hydrogens is 334 g/mol. The number of nitrogens with one attached hydrogen (secondary N) is 1. The molecule has 0 atom stereocenters. The molecule has 6 nitrogen and oxygen atoms in total. The number of carbonyl (C=O) groups excluding carboxylic acids is 1. The van der Waals surface area contributed by atoms with Crippen molar-refractivity contribution in [3.05, 3.63) is 65.3 Å². The van der Waals surface area contributed by atoms with Crippen molar-refractivity contribution in [2.24, 2.45) is 0 Å². The molecule has 2 aromatic heterocycles. The van der Waals surface area contributed by atoms with Gasteiger partial charge < -0.3 is 5.32 Å². The molecule has 0 unspecified atom stereocenters. The summed E-state index contributed by atoms with van der Waals surface area (Å²) in [5.74, 6) is 0.167. The fourth-order valence-corrected chi connectivity index (χ4v) is 2.21. The molecule has 1 aromatic carbocycles. The average Bonchev–Trinajstić information content (AvgIpc) is 3.04. The standard InChI is InChI=1S/C14H10BrN5O/c15-11-5-1-2-6-12(11)19-14(21)10-4-3-7-17-13(10)20-9-16-8-18-20/h1-9H,(H,19,21). The van der Waals surface area contributed by atoms with E-state index in [4.69, 9.17) is 0 Å². The molecule has 21 heavy (non-hydrogen) atoms. The van der Waals surface area contributed by atoms with Crippen LogP contribution < -0.4 is 5.32 Å².